The fourth-order valence-corrected chi connectivity index (χ4v) is 4.21. The van der Waals surface area contributed by atoms with Gasteiger partial charge in [-0.1, -0.05) is 32.1 Å². The van der Waals surface area contributed by atoms with E-state index >= 15 is 0 Å². The molecule has 1 unspecified atom stereocenters. The smallest absolute Gasteiger partial charge is 0.225 e. The number of piperidine rings is 1. The number of nitrogens with zero attached hydrogens (tertiary/aromatic N) is 5. The molecule has 26 heavy (non-hydrogen) atoms. The lowest BCUT2D eigenvalue weighted by atomic mass is 9.94. The molecule has 7 heteroatoms. The van der Waals surface area contributed by atoms with Crippen molar-refractivity contribution in [1.29, 1.82) is 0 Å². The Kier molecular flexibility index (Phi) is 5.32. The summed E-state index contributed by atoms with van der Waals surface area (Å²) in [7, 11) is 0. The molecule has 1 atom stereocenters. The van der Waals surface area contributed by atoms with Crippen molar-refractivity contribution in [3.63, 3.8) is 0 Å². The number of anilines is 1. The van der Waals surface area contributed by atoms with Crippen molar-refractivity contribution < 1.29 is 4.79 Å². The average molecular weight is 356 g/mol. The molecular weight excluding hydrogens is 328 g/mol. The highest BCUT2D eigenvalue weighted by Gasteiger charge is 2.28. The van der Waals surface area contributed by atoms with Crippen LogP contribution >= 0.6 is 0 Å². The van der Waals surface area contributed by atoms with Crippen LogP contribution in [0.25, 0.3) is 5.65 Å². The molecule has 2 aliphatic rings. The molecular formula is C19H28N6O. The summed E-state index contributed by atoms with van der Waals surface area (Å²) in [6, 6.07) is 4.26. The number of rotatable bonds is 3. The summed E-state index contributed by atoms with van der Waals surface area (Å²) in [5.74, 6) is 1.17. The van der Waals surface area contributed by atoms with E-state index in [0.717, 1.165) is 50.2 Å². The second-order valence-electron chi connectivity index (χ2n) is 7.66. The molecule has 2 aromatic rings. The van der Waals surface area contributed by atoms with E-state index in [1.54, 1.807) is 10.8 Å². The molecule has 3 heterocycles. The van der Waals surface area contributed by atoms with Gasteiger partial charge in [0.05, 0.1) is 5.92 Å². The quantitative estimate of drug-likeness (QED) is 0.915. The third kappa shape index (κ3) is 3.97. The van der Waals surface area contributed by atoms with E-state index in [2.05, 4.69) is 25.5 Å². The lowest BCUT2D eigenvalue weighted by Gasteiger charge is -2.33. The molecule has 1 saturated carbocycles. The Morgan fingerprint density at radius 1 is 1.04 bits per heavy atom. The molecule has 0 spiro atoms. The van der Waals surface area contributed by atoms with Crippen LogP contribution in [-0.4, -0.2) is 44.8 Å². The molecule has 0 radical (unpaired) electrons. The van der Waals surface area contributed by atoms with Crippen LogP contribution in [0.2, 0.25) is 0 Å². The lowest BCUT2D eigenvalue weighted by Crippen LogP contribution is -2.46. The first-order chi connectivity index (χ1) is 12.8. The number of hydrogen-bond acceptors (Lipinski definition) is 5. The van der Waals surface area contributed by atoms with Gasteiger partial charge < -0.3 is 10.2 Å². The van der Waals surface area contributed by atoms with Crippen LogP contribution in [0.4, 0.5) is 5.82 Å². The van der Waals surface area contributed by atoms with Gasteiger partial charge in [0.15, 0.2) is 5.65 Å². The van der Waals surface area contributed by atoms with E-state index < -0.39 is 0 Å². The van der Waals surface area contributed by atoms with Crippen LogP contribution in [0.1, 0.15) is 57.8 Å². The summed E-state index contributed by atoms with van der Waals surface area (Å²) in [6.45, 7) is 1.67. The molecule has 7 nitrogen and oxygen atoms in total. The first kappa shape index (κ1) is 17.2. The fourth-order valence-electron chi connectivity index (χ4n) is 4.21. The van der Waals surface area contributed by atoms with Crippen molar-refractivity contribution in [2.24, 2.45) is 5.92 Å². The Morgan fingerprint density at radius 2 is 1.85 bits per heavy atom. The maximum atomic E-state index is 12.8. The van der Waals surface area contributed by atoms with Gasteiger partial charge in [-0.25, -0.2) is 0 Å². The van der Waals surface area contributed by atoms with Crippen molar-refractivity contribution in [2.45, 2.75) is 63.8 Å². The topological polar surface area (TPSA) is 75.4 Å². The summed E-state index contributed by atoms with van der Waals surface area (Å²) < 4.78 is 1.69. The SMILES string of the molecule is O=C(NC1CCCCCCC1)C1CCCN(c2ccc3nncn3n2)C1. The monoisotopic (exact) mass is 356 g/mol. The van der Waals surface area contributed by atoms with E-state index in [-0.39, 0.29) is 11.8 Å². The molecule has 0 aromatic carbocycles. The Hall–Kier alpha value is -2.18. The molecule has 0 bridgehead atoms. The number of amides is 1. The second kappa shape index (κ2) is 8.01. The minimum atomic E-state index is 0.0487. The van der Waals surface area contributed by atoms with E-state index in [1.807, 2.05) is 12.1 Å². The van der Waals surface area contributed by atoms with Gasteiger partial charge >= 0.3 is 0 Å². The summed E-state index contributed by atoms with van der Waals surface area (Å²) in [4.78, 5) is 15.0. The minimum Gasteiger partial charge on any atom is -0.354 e. The van der Waals surface area contributed by atoms with Crippen LogP contribution < -0.4 is 10.2 Å². The highest BCUT2D eigenvalue weighted by Crippen LogP contribution is 2.23. The molecule has 2 fully saturated rings. The summed E-state index contributed by atoms with van der Waals surface area (Å²) >= 11 is 0. The second-order valence-corrected chi connectivity index (χ2v) is 7.66. The molecule has 1 N–H and O–H groups in total. The molecule has 4 rings (SSSR count). The van der Waals surface area contributed by atoms with Gasteiger partial charge in [0.2, 0.25) is 5.91 Å². The van der Waals surface area contributed by atoms with Crippen LogP contribution in [0.15, 0.2) is 18.5 Å². The Labute approximate surface area is 154 Å². The molecule has 1 aliphatic carbocycles. The van der Waals surface area contributed by atoms with Crippen LogP contribution in [0, 0.1) is 5.92 Å². The van der Waals surface area contributed by atoms with Crippen molar-refractivity contribution in [2.75, 3.05) is 18.0 Å². The van der Waals surface area contributed by atoms with Crippen molar-refractivity contribution in [3.05, 3.63) is 18.5 Å². The molecule has 2 aromatic heterocycles. The summed E-state index contributed by atoms with van der Waals surface area (Å²) in [5.41, 5.74) is 0.740. The Morgan fingerprint density at radius 3 is 2.69 bits per heavy atom. The van der Waals surface area contributed by atoms with Gasteiger partial charge in [-0.05, 0) is 37.8 Å². The zero-order valence-corrected chi connectivity index (χ0v) is 15.3. The van der Waals surface area contributed by atoms with E-state index in [9.17, 15) is 4.79 Å². The number of carbonyl (C=O) groups is 1. The minimum absolute atomic E-state index is 0.0487. The Balaban J connectivity index is 1.38. The summed E-state index contributed by atoms with van der Waals surface area (Å²) in [6.07, 6.45) is 12.3. The predicted molar refractivity (Wildman–Crippen MR) is 100.0 cm³/mol. The highest BCUT2D eigenvalue weighted by atomic mass is 16.2. The zero-order valence-electron chi connectivity index (χ0n) is 15.3. The molecule has 1 aliphatic heterocycles. The molecule has 140 valence electrons. The largest absolute Gasteiger partial charge is 0.354 e. The number of hydrogen-bond donors (Lipinski definition) is 1. The van der Waals surface area contributed by atoms with Gasteiger partial charge in [0.25, 0.3) is 0 Å². The van der Waals surface area contributed by atoms with Gasteiger partial charge in [0.1, 0.15) is 12.1 Å². The third-order valence-corrected chi connectivity index (χ3v) is 5.72. The van der Waals surface area contributed by atoms with E-state index in [0.29, 0.717) is 6.04 Å². The lowest BCUT2D eigenvalue weighted by molar-refractivity contribution is -0.126. The van der Waals surface area contributed by atoms with Gasteiger partial charge in [-0.3, -0.25) is 4.79 Å². The van der Waals surface area contributed by atoms with E-state index in [1.165, 1.54) is 32.1 Å². The number of fused-ring (bicyclic) bond motifs is 1. The zero-order chi connectivity index (χ0) is 17.8. The number of aromatic nitrogens is 4. The van der Waals surface area contributed by atoms with Crippen molar-refractivity contribution in [3.8, 4) is 0 Å². The normalized spacial score (nSPS) is 22.8. The van der Waals surface area contributed by atoms with Gasteiger partial charge in [-0.15, -0.1) is 15.3 Å². The van der Waals surface area contributed by atoms with Crippen molar-refractivity contribution in [1.82, 2.24) is 25.1 Å². The first-order valence-electron chi connectivity index (χ1n) is 10.0. The maximum absolute atomic E-state index is 12.8. The molecule has 1 amide bonds. The standard InChI is InChI=1S/C19H28N6O/c26-19(21-16-8-4-2-1-3-5-9-16)15-7-6-12-24(13-15)18-11-10-17-22-20-14-25(17)23-18/h10-11,14-16H,1-9,12-13H2,(H,21,26). The average Bonchev–Trinajstić information content (AvgIpc) is 3.11. The highest BCUT2D eigenvalue weighted by molar-refractivity contribution is 5.79. The van der Waals surface area contributed by atoms with Crippen LogP contribution in [-0.2, 0) is 4.79 Å². The number of nitrogens with one attached hydrogen (secondary N) is 1. The van der Waals surface area contributed by atoms with Gasteiger partial charge in [-0.2, -0.15) is 4.52 Å². The van der Waals surface area contributed by atoms with Crippen LogP contribution in [0.3, 0.4) is 0 Å². The predicted octanol–water partition coefficient (Wildman–Crippen LogP) is 2.57. The van der Waals surface area contributed by atoms with Gasteiger partial charge in [0, 0.05) is 19.1 Å². The van der Waals surface area contributed by atoms with Crippen LogP contribution in [0.5, 0.6) is 0 Å². The fraction of sp³-hybridized carbons (Fsp3) is 0.684. The first-order valence-corrected chi connectivity index (χ1v) is 10.0. The number of carbonyl (C=O) groups excluding carboxylic acids is 1. The van der Waals surface area contributed by atoms with E-state index in [4.69, 9.17) is 0 Å². The third-order valence-electron chi connectivity index (χ3n) is 5.72. The summed E-state index contributed by atoms with van der Waals surface area (Å²) in [5, 5.41) is 15.8. The molecule has 1 saturated heterocycles. The maximum Gasteiger partial charge on any atom is 0.225 e. The van der Waals surface area contributed by atoms with Crippen molar-refractivity contribution >= 4 is 17.4 Å². The Bertz CT molecular complexity index is 736.